The number of carbonyl (C=O) groups excluding carboxylic acids is 1. The smallest absolute Gasteiger partial charge is 0.320 e. The van der Waals surface area contributed by atoms with Crippen molar-refractivity contribution in [2.24, 2.45) is 0 Å². The molecule has 1 amide bonds. The predicted molar refractivity (Wildman–Crippen MR) is 130 cm³/mol. The van der Waals surface area contributed by atoms with Crippen molar-refractivity contribution in [3.05, 3.63) is 71.5 Å². The number of amides is 1. The molecule has 1 heterocycles. The number of pyridine rings is 1. The van der Waals surface area contributed by atoms with Gasteiger partial charge in [-0.25, -0.2) is 13.4 Å². The topological polar surface area (TPSA) is 76.1 Å². The highest BCUT2D eigenvalue weighted by Crippen LogP contribution is 2.40. The number of anilines is 1. The molecule has 0 saturated heterocycles. The van der Waals surface area contributed by atoms with Gasteiger partial charge in [-0.2, -0.15) is 13.2 Å². The summed E-state index contributed by atoms with van der Waals surface area (Å²) >= 11 is 1.41. The van der Waals surface area contributed by atoms with Crippen molar-refractivity contribution >= 4 is 33.2 Å². The van der Waals surface area contributed by atoms with Crippen LogP contribution in [-0.2, 0) is 9.84 Å². The van der Waals surface area contributed by atoms with Crippen molar-refractivity contribution in [2.75, 3.05) is 11.1 Å². The first-order chi connectivity index (χ1) is 16.5. The third-order valence-corrected chi connectivity index (χ3v) is 8.13. The average Bonchev–Trinajstić information content (AvgIpc) is 3.65. The minimum absolute atomic E-state index is 0.0330. The maximum atomic E-state index is 13.0. The lowest BCUT2D eigenvalue weighted by Gasteiger charge is -2.14. The van der Waals surface area contributed by atoms with E-state index >= 15 is 0 Å². The number of nitrogens with one attached hydrogen (secondary N) is 1. The van der Waals surface area contributed by atoms with E-state index in [2.05, 4.69) is 22.4 Å². The van der Waals surface area contributed by atoms with Crippen LogP contribution >= 0.6 is 11.8 Å². The van der Waals surface area contributed by atoms with Gasteiger partial charge < -0.3 is 5.32 Å². The van der Waals surface area contributed by atoms with E-state index in [-0.39, 0.29) is 11.4 Å². The second kappa shape index (κ2) is 9.66. The molecule has 0 aliphatic heterocycles. The molecule has 0 unspecified atom stereocenters. The summed E-state index contributed by atoms with van der Waals surface area (Å²) in [4.78, 5) is 17.1. The van der Waals surface area contributed by atoms with E-state index in [0.717, 1.165) is 23.3 Å². The Kier molecular flexibility index (Phi) is 6.97. The maximum absolute atomic E-state index is 13.0. The fourth-order valence-corrected chi connectivity index (χ4v) is 5.21. The molecule has 184 valence electrons. The second-order valence-electron chi connectivity index (χ2n) is 8.28. The molecule has 0 atom stereocenters. The van der Waals surface area contributed by atoms with Gasteiger partial charge in [-0.1, -0.05) is 37.3 Å². The Morgan fingerprint density at radius 1 is 1.09 bits per heavy atom. The molecule has 1 aromatic heterocycles. The largest absolute Gasteiger partial charge is 0.501 e. The molecule has 1 aliphatic carbocycles. The van der Waals surface area contributed by atoms with Crippen LogP contribution < -0.4 is 5.32 Å². The molecule has 5 nitrogen and oxygen atoms in total. The van der Waals surface area contributed by atoms with Crippen molar-refractivity contribution in [2.45, 2.75) is 47.9 Å². The van der Waals surface area contributed by atoms with Crippen LogP contribution in [0.1, 0.15) is 47.3 Å². The first-order valence-corrected chi connectivity index (χ1v) is 13.4. The van der Waals surface area contributed by atoms with Gasteiger partial charge in [0, 0.05) is 22.3 Å². The molecular weight excluding hydrogens is 497 g/mol. The number of carbonyl (C=O) groups is 1. The number of sulfone groups is 1. The highest BCUT2D eigenvalue weighted by Gasteiger charge is 2.47. The van der Waals surface area contributed by atoms with Crippen LogP contribution in [0.15, 0.2) is 64.5 Å². The molecule has 1 aliphatic rings. The zero-order valence-corrected chi connectivity index (χ0v) is 20.7. The molecule has 4 rings (SSSR count). The lowest BCUT2D eigenvalue weighted by molar-refractivity contribution is -0.0436. The van der Waals surface area contributed by atoms with Crippen LogP contribution in [0.25, 0.3) is 11.1 Å². The SMILES string of the molecule is CCSc1cc(-c2ccc(C3CC3)cc2)cnc1C(=O)Nc1cc(S(=O)(=O)C(F)(F)F)ccc1C. The highest BCUT2D eigenvalue weighted by molar-refractivity contribution is 7.99. The lowest BCUT2D eigenvalue weighted by atomic mass is 10.0. The maximum Gasteiger partial charge on any atom is 0.501 e. The first kappa shape index (κ1) is 25.2. The molecule has 1 fully saturated rings. The molecule has 2 aromatic carbocycles. The number of hydrogen-bond donors (Lipinski definition) is 1. The first-order valence-electron chi connectivity index (χ1n) is 11.0. The number of halogens is 3. The van der Waals surface area contributed by atoms with Crippen molar-refractivity contribution < 1.29 is 26.4 Å². The Morgan fingerprint density at radius 2 is 1.77 bits per heavy atom. The molecule has 35 heavy (non-hydrogen) atoms. The number of rotatable bonds is 7. The monoisotopic (exact) mass is 520 g/mol. The Hall–Kier alpha value is -2.85. The third kappa shape index (κ3) is 5.38. The molecule has 10 heteroatoms. The number of benzene rings is 2. The van der Waals surface area contributed by atoms with E-state index in [1.54, 1.807) is 13.1 Å². The molecule has 0 bridgehead atoms. The van der Waals surface area contributed by atoms with Crippen molar-refractivity contribution in [1.29, 1.82) is 0 Å². The molecule has 1 N–H and O–H groups in total. The summed E-state index contributed by atoms with van der Waals surface area (Å²) in [5, 5.41) is 2.53. The minimum atomic E-state index is -5.54. The molecule has 0 radical (unpaired) electrons. The summed E-state index contributed by atoms with van der Waals surface area (Å²) in [6, 6.07) is 13.0. The summed E-state index contributed by atoms with van der Waals surface area (Å²) in [6.07, 6.45) is 4.01. The van der Waals surface area contributed by atoms with Crippen LogP contribution in [-0.4, -0.2) is 30.6 Å². The number of aryl methyl sites for hydroxylation is 1. The highest BCUT2D eigenvalue weighted by atomic mass is 32.2. The third-order valence-electron chi connectivity index (χ3n) is 5.73. The summed E-state index contributed by atoms with van der Waals surface area (Å²) in [5.74, 6) is 0.679. The van der Waals surface area contributed by atoms with Crippen molar-refractivity contribution in [1.82, 2.24) is 4.98 Å². The van der Waals surface area contributed by atoms with Gasteiger partial charge in [0.15, 0.2) is 0 Å². The van der Waals surface area contributed by atoms with Crippen molar-refractivity contribution in [3.8, 4) is 11.1 Å². The van der Waals surface area contributed by atoms with Gasteiger partial charge in [-0.05, 0) is 66.3 Å². The number of thioether (sulfide) groups is 1. The van der Waals surface area contributed by atoms with E-state index < -0.39 is 26.1 Å². The predicted octanol–water partition coefficient (Wildman–Crippen LogP) is 6.59. The molecule has 1 saturated carbocycles. The Labute approximate surface area is 206 Å². The van der Waals surface area contributed by atoms with E-state index in [4.69, 9.17) is 0 Å². The van der Waals surface area contributed by atoms with Gasteiger partial charge in [-0.15, -0.1) is 11.8 Å². The Balaban J connectivity index is 1.62. The zero-order valence-electron chi connectivity index (χ0n) is 19.0. The van der Waals surface area contributed by atoms with Gasteiger partial charge in [0.2, 0.25) is 0 Å². The normalized spacial score (nSPS) is 14.1. The van der Waals surface area contributed by atoms with Crippen LogP contribution in [0, 0.1) is 6.92 Å². The van der Waals surface area contributed by atoms with Crippen LogP contribution in [0.5, 0.6) is 0 Å². The van der Waals surface area contributed by atoms with Crippen LogP contribution in [0.3, 0.4) is 0 Å². The molecule has 0 spiro atoms. The fourth-order valence-electron chi connectivity index (χ4n) is 3.62. The second-order valence-corrected chi connectivity index (χ2v) is 11.5. The lowest BCUT2D eigenvalue weighted by Crippen LogP contribution is -2.23. The summed E-state index contributed by atoms with van der Waals surface area (Å²) in [6.45, 7) is 3.49. The van der Waals surface area contributed by atoms with Crippen molar-refractivity contribution in [3.63, 3.8) is 0 Å². The Morgan fingerprint density at radius 3 is 2.37 bits per heavy atom. The van der Waals surface area contributed by atoms with Gasteiger partial charge >= 0.3 is 5.51 Å². The fraction of sp³-hybridized carbons (Fsp3) is 0.280. The number of nitrogens with zero attached hydrogens (tertiary/aromatic N) is 1. The van der Waals surface area contributed by atoms with Crippen LogP contribution in [0.4, 0.5) is 18.9 Å². The van der Waals surface area contributed by atoms with Gasteiger partial charge in [-0.3, -0.25) is 4.79 Å². The summed E-state index contributed by atoms with van der Waals surface area (Å²) in [7, 11) is -5.54. The van der Waals surface area contributed by atoms with Crippen LogP contribution in [0.2, 0.25) is 0 Å². The number of aromatic nitrogens is 1. The number of alkyl halides is 3. The van der Waals surface area contributed by atoms with E-state index in [1.807, 2.05) is 25.1 Å². The van der Waals surface area contributed by atoms with E-state index in [0.29, 0.717) is 22.1 Å². The summed E-state index contributed by atoms with van der Waals surface area (Å²) in [5.41, 5.74) is -1.83. The minimum Gasteiger partial charge on any atom is -0.320 e. The van der Waals surface area contributed by atoms with E-state index in [9.17, 15) is 26.4 Å². The quantitative estimate of drug-likeness (QED) is 0.356. The Bertz CT molecular complexity index is 1370. The van der Waals surface area contributed by atoms with E-state index in [1.165, 1.54) is 36.2 Å². The standard InChI is InChI=1S/C25H23F3N2O3S2/c1-3-34-22-12-19(18-9-7-17(8-10-18)16-5-6-16)14-29-23(22)24(31)30-21-13-20(11-4-15(21)2)35(32,33)25(26,27)28/h4,7-14,16H,3,5-6H2,1-2H3,(H,30,31). The average molecular weight is 521 g/mol. The number of hydrogen-bond acceptors (Lipinski definition) is 5. The van der Waals surface area contributed by atoms with Gasteiger partial charge in [0.05, 0.1) is 4.90 Å². The van der Waals surface area contributed by atoms with Gasteiger partial charge in [0.25, 0.3) is 15.7 Å². The molecule has 3 aromatic rings. The molecular formula is C25H23F3N2O3S2. The zero-order chi connectivity index (χ0) is 25.4. The van der Waals surface area contributed by atoms with Gasteiger partial charge in [0.1, 0.15) is 5.69 Å². The summed E-state index contributed by atoms with van der Waals surface area (Å²) < 4.78 is 62.5.